The molecule has 82 valence electrons. The van der Waals surface area contributed by atoms with Gasteiger partial charge in [-0.05, 0) is 18.6 Å². The van der Waals surface area contributed by atoms with Crippen molar-refractivity contribution in [3.63, 3.8) is 0 Å². The number of nitrogens with zero attached hydrogens (tertiary/aromatic N) is 2. The summed E-state index contributed by atoms with van der Waals surface area (Å²) >= 11 is 0. The largest absolute Gasteiger partial charge is 0.371 e. The van der Waals surface area contributed by atoms with Crippen LogP contribution in [0, 0.1) is 12.7 Å². The first-order valence-corrected chi connectivity index (χ1v) is 4.97. The van der Waals surface area contributed by atoms with Crippen LogP contribution in [0.25, 0.3) is 11.3 Å². The van der Waals surface area contributed by atoms with Crippen LogP contribution < -0.4 is 5.32 Å². The van der Waals surface area contributed by atoms with Gasteiger partial charge in [0.15, 0.2) is 5.82 Å². The van der Waals surface area contributed by atoms with E-state index in [1.54, 1.807) is 32.4 Å². The normalized spacial score (nSPS) is 10.2. The Kier molecular flexibility index (Phi) is 2.81. The highest BCUT2D eigenvalue weighted by Gasteiger charge is 2.08. The Morgan fingerprint density at radius 1 is 1.19 bits per heavy atom. The van der Waals surface area contributed by atoms with Crippen molar-refractivity contribution < 1.29 is 4.39 Å². The Bertz CT molecular complexity index is 511. The quantitative estimate of drug-likeness (QED) is 0.840. The van der Waals surface area contributed by atoms with Gasteiger partial charge in [0.1, 0.15) is 11.5 Å². The lowest BCUT2D eigenvalue weighted by Crippen LogP contribution is -1.97. The van der Waals surface area contributed by atoms with E-state index in [2.05, 4.69) is 15.3 Å². The summed E-state index contributed by atoms with van der Waals surface area (Å²) in [5.41, 5.74) is 2.00. The fourth-order valence-electron chi connectivity index (χ4n) is 1.47. The van der Waals surface area contributed by atoms with Gasteiger partial charge in [0, 0.05) is 25.0 Å². The molecule has 0 bridgehead atoms. The van der Waals surface area contributed by atoms with E-state index < -0.39 is 0 Å². The van der Waals surface area contributed by atoms with Gasteiger partial charge in [-0.2, -0.15) is 0 Å². The number of aryl methyl sites for hydroxylation is 1. The van der Waals surface area contributed by atoms with Crippen molar-refractivity contribution in [2.75, 3.05) is 12.4 Å². The van der Waals surface area contributed by atoms with Crippen LogP contribution in [0.4, 0.5) is 10.2 Å². The molecule has 0 aliphatic heterocycles. The molecule has 2 rings (SSSR count). The van der Waals surface area contributed by atoms with E-state index in [0.717, 1.165) is 5.56 Å². The number of rotatable bonds is 2. The molecule has 1 heterocycles. The van der Waals surface area contributed by atoms with Crippen LogP contribution in [0.2, 0.25) is 0 Å². The van der Waals surface area contributed by atoms with Gasteiger partial charge in [0.05, 0.1) is 0 Å². The first-order valence-electron chi connectivity index (χ1n) is 4.97. The topological polar surface area (TPSA) is 37.8 Å². The lowest BCUT2D eigenvalue weighted by molar-refractivity contribution is 0.619. The number of benzene rings is 1. The fourth-order valence-corrected chi connectivity index (χ4v) is 1.47. The van der Waals surface area contributed by atoms with E-state index in [9.17, 15) is 4.39 Å². The van der Waals surface area contributed by atoms with Gasteiger partial charge in [0.2, 0.25) is 0 Å². The third-order valence-electron chi connectivity index (χ3n) is 2.38. The van der Waals surface area contributed by atoms with Crippen LogP contribution in [0.1, 0.15) is 5.56 Å². The summed E-state index contributed by atoms with van der Waals surface area (Å²) in [7, 11) is 1.76. The molecule has 0 aliphatic rings. The summed E-state index contributed by atoms with van der Waals surface area (Å²) in [5, 5.41) is 2.93. The molecule has 3 nitrogen and oxygen atoms in total. The second kappa shape index (κ2) is 4.26. The number of hydrogen-bond acceptors (Lipinski definition) is 3. The SMILES string of the molecule is CNc1nccnc1-c1ccc(C)c(F)c1. The van der Waals surface area contributed by atoms with Gasteiger partial charge in [-0.25, -0.2) is 9.37 Å². The zero-order chi connectivity index (χ0) is 11.5. The molecule has 0 atom stereocenters. The molecule has 1 N–H and O–H groups in total. The minimum atomic E-state index is -0.231. The number of halogens is 1. The summed E-state index contributed by atoms with van der Waals surface area (Å²) in [4.78, 5) is 8.33. The summed E-state index contributed by atoms with van der Waals surface area (Å²) in [6, 6.07) is 5.04. The van der Waals surface area contributed by atoms with Gasteiger partial charge < -0.3 is 5.32 Å². The zero-order valence-electron chi connectivity index (χ0n) is 9.16. The number of anilines is 1. The third-order valence-corrected chi connectivity index (χ3v) is 2.38. The van der Waals surface area contributed by atoms with Crippen molar-refractivity contribution in [1.82, 2.24) is 9.97 Å². The molecule has 0 amide bonds. The molecule has 0 fully saturated rings. The van der Waals surface area contributed by atoms with Crippen molar-refractivity contribution in [3.05, 3.63) is 42.0 Å². The summed E-state index contributed by atoms with van der Waals surface area (Å²) in [6.45, 7) is 1.73. The van der Waals surface area contributed by atoms with E-state index in [4.69, 9.17) is 0 Å². The monoisotopic (exact) mass is 217 g/mol. The third kappa shape index (κ3) is 1.86. The maximum absolute atomic E-state index is 13.4. The Labute approximate surface area is 93.4 Å². The van der Waals surface area contributed by atoms with E-state index in [1.807, 2.05) is 6.07 Å². The molecule has 4 heteroatoms. The Balaban J connectivity index is 2.54. The number of aromatic nitrogens is 2. The average Bonchev–Trinajstić information content (AvgIpc) is 2.32. The molecule has 16 heavy (non-hydrogen) atoms. The second-order valence-corrected chi connectivity index (χ2v) is 3.47. The van der Waals surface area contributed by atoms with E-state index in [-0.39, 0.29) is 5.82 Å². The fraction of sp³-hybridized carbons (Fsp3) is 0.167. The molecule has 0 radical (unpaired) electrons. The lowest BCUT2D eigenvalue weighted by atomic mass is 10.1. The Morgan fingerprint density at radius 3 is 2.62 bits per heavy atom. The minimum absolute atomic E-state index is 0.231. The first kappa shape index (κ1) is 10.5. The van der Waals surface area contributed by atoms with Gasteiger partial charge in [-0.1, -0.05) is 12.1 Å². The summed E-state index contributed by atoms with van der Waals surface area (Å²) in [6.07, 6.45) is 3.19. The van der Waals surface area contributed by atoms with Crippen LogP contribution in [-0.2, 0) is 0 Å². The molecular formula is C12H12FN3. The average molecular weight is 217 g/mol. The van der Waals surface area contributed by atoms with E-state index in [1.165, 1.54) is 6.07 Å². The van der Waals surface area contributed by atoms with Crippen molar-refractivity contribution in [1.29, 1.82) is 0 Å². The van der Waals surface area contributed by atoms with Gasteiger partial charge >= 0.3 is 0 Å². The van der Waals surface area contributed by atoms with Gasteiger partial charge in [-0.15, -0.1) is 0 Å². The standard InChI is InChI=1S/C12H12FN3/c1-8-3-4-9(7-10(8)13)11-12(14-2)16-6-5-15-11/h3-7H,1-2H3,(H,14,16). The Hall–Kier alpha value is -1.97. The van der Waals surface area contributed by atoms with Crippen molar-refractivity contribution in [3.8, 4) is 11.3 Å². The predicted octanol–water partition coefficient (Wildman–Crippen LogP) is 2.63. The second-order valence-electron chi connectivity index (χ2n) is 3.47. The maximum Gasteiger partial charge on any atom is 0.152 e. The van der Waals surface area contributed by atoms with Crippen LogP contribution in [0.3, 0.4) is 0 Å². The Morgan fingerprint density at radius 2 is 1.94 bits per heavy atom. The smallest absolute Gasteiger partial charge is 0.152 e. The molecule has 0 aliphatic carbocycles. The number of hydrogen-bond donors (Lipinski definition) is 1. The highest BCUT2D eigenvalue weighted by molar-refractivity contribution is 5.71. The van der Waals surface area contributed by atoms with Gasteiger partial charge in [-0.3, -0.25) is 4.98 Å². The summed E-state index contributed by atoms with van der Waals surface area (Å²) < 4.78 is 13.4. The van der Waals surface area contributed by atoms with Crippen molar-refractivity contribution in [2.45, 2.75) is 6.92 Å². The predicted molar refractivity (Wildman–Crippen MR) is 61.7 cm³/mol. The summed E-state index contributed by atoms with van der Waals surface area (Å²) in [5.74, 6) is 0.413. The molecule has 0 saturated carbocycles. The van der Waals surface area contributed by atoms with Crippen LogP contribution in [0.5, 0.6) is 0 Å². The lowest BCUT2D eigenvalue weighted by Gasteiger charge is -2.07. The first-order chi connectivity index (χ1) is 7.72. The van der Waals surface area contributed by atoms with Crippen molar-refractivity contribution >= 4 is 5.82 Å². The molecule has 0 saturated heterocycles. The minimum Gasteiger partial charge on any atom is -0.371 e. The molecule has 1 aromatic carbocycles. The maximum atomic E-state index is 13.4. The van der Waals surface area contributed by atoms with Gasteiger partial charge in [0.25, 0.3) is 0 Å². The van der Waals surface area contributed by atoms with Crippen LogP contribution in [0.15, 0.2) is 30.6 Å². The molecule has 1 aromatic heterocycles. The highest BCUT2D eigenvalue weighted by atomic mass is 19.1. The van der Waals surface area contributed by atoms with E-state index >= 15 is 0 Å². The van der Waals surface area contributed by atoms with E-state index in [0.29, 0.717) is 17.1 Å². The van der Waals surface area contributed by atoms with Crippen LogP contribution >= 0.6 is 0 Å². The van der Waals surface area contributed by atoms with Crippen molar-refractivity contribution in [2.24, 2.45) is 0 Å². The molecular weight excluding hydrogens is 205 g/mol. The molecule has 0 unspecified atom stereocenters. The highest BCUT2D eigenvalue weighted by Crippen LogP contribution is 2.24. The van der Waals surface area contributed by atoms with Crippen LogP contribution in [-0.4, -0.2) is 17.0 Å². The number of nitrogens with one attached hydrogen (secondary N) is 1. The molecule has 0 spiro atoms. The molecule has 2 aromatic rings. The zero-order valence-corrected chi connectivity index (χ0v) is 9.16.